The van der Waals surface area contributed by atoms with Crippen LogP contribution in [-0.4, -0.2) is 0 Å². The van der Waals surface area contributed by atoms with Crippen LogP contribution >= 0.6 is 27.5 Å². The molecular formula is C11H12BrCl. The minimum absolute atomic E-state index is 0.233. The predicted octanol–water partition coefficient (Wildman–Crippen LogP) is 4.37. The Bertz CT molecular complexity index is 333. The van der Waals surface area contributed by atoms with Gasteiger partial charge in [0.25, 0.3) is 0 Å². The van der Waals surface area contributed by atoms with Gasteiger partial charge < -0.3 is 0 Å². The highest BCUT2D eigenvalue weighted by Crippen LogP contribution is 2.37. The van der Waals surface area contributed by atoms with E-state index in [2.05, 4.69) is 35.0 Å². The van der Waals surface area contributed by atoms with Crippen LogP contribution in [0.25, 0.3) is 0 Å². The Hall–Kier alpha value is -0.0100. The number of fused-ring (bicyclic) bond motifs is 1. The van der Waals surface area contributed by atoms with Gasteiger partial charge in [0.1, 0.15) is 0 Å². The van der Waals surface area contributed by atoms with E-state index in [1.165, 1.54) is 34.0 Å². The highest BCUT2D eigenvalue weighted by atomic mass is 79.9. The van der Waals surface area contributed by atoms with Gasteiger partial charge in [-0.2, -0.15) is 0 Å². The number of halogens is 2. The minimum Gasteiger partial charge on any atom is -0.118 e. The molecule has 0 saturated heterocycles. The van der Waals surface area contributed by atoms with Crippen molar-refractivity contribution in [2.75, 3.05) is 0 Å². The molecular weight excluding hydrogens is 247 g/mol. The third-order valence-corrected chi connectivity index (χ3v) is 3.55. The van der Waals surface area contributed by atoms with Gasteiger partial charge in [0, 0.05) is 4.47 Å². The van der Waals surface area contributed by atoms with Crippen molar-refractivity contribution in [3.05, 3.63) is 33.3 Å². The van der Waals surface area contributed by atoms with Gasteiger partial charge in [-0.15, -0.1) is 11.6 Å². The summed E-state index contributed by atoms with van der Waals surface area (Å²) in [4.78, 5) is 0. The van der Waals surface area contributed by atoms with Crippen LogP contribution < -0.4 is 0 Å². The minimum atomic E-state index is 0.233. The highest BCUT2D eigenvalue weighted by Gasteiger charge is 2.20. The Morgan fingerprint density at radius 2 is 2.23 bits per heavy atom. The van der Waals surface area contributed by atoms with Crippen LogP contribution in [0.15, 0.2) is 16.6 Å². The number of aryl methyl sites for hydroxylation is 2. The number of alkyl halides is 1. The normalized spacial score (nSPS) is 21.3. The van der Waals surface area contributed by atoms with Crippen molar-refractivity contribution >= 4 is 27.5 Å². The Kier molecular flexibility index (Phi) is 2.66. The molecule has 1 atom stereocenters. The van der Waals surface area contributed by atoms with Crippen molar-refractivity contribution in [1.29, 1.82) is 0 Å². The maximum Gasteiger partial charge on any atom is 0.0590 e. The molecule has 0 fully saturated rings. The molecule has 0 aromatic heterocycles. The molecule has 1 aromatic rings. The van der Waals surface area contributed by atoms with E-state index in [1.54, 1.807) is 0 Å². The van der Waals surface area contributed by atoms with Crippen LogP contribution in [-0.2, 0) is 6.42 Å². The molecule has 2 heteroatoms. The van der Waals surface area contributed by atoms with Gasteiger partial charge in [0.2, 0.25) is 0 Å². The van der Waals surface area contributed by atoms with E-state index in [4.69, 9.17) is 11.6 Å². The molecule has 0 heterocycles. The Morgan fingerprint density at radius 1 is 1.46 bits per heavy atom. The molecule has 0 bridgehead atoms. The van der Waals surface area contributed by atoms with E-state index in [-0.39, 0.29) is 5.38 Å². The molecule has 2 rings (SSSR count). The maximum atomic E-state index is 6.29. The molecule has 1 aliphatic rings. The quantitative estimate of drug-likeness (QED) is 0.607. The van der Waals surface area contributed by atoms with Crippen molar-refractivity contribution in [2.24, 2.45) is 0 Å². The lowest BCUT2D eigenvalue weighted by Gasteiger charge is -2.23. The molecule has 1 aliphatic carbocycles. The number of hydrogen-bond donors (Lipinski definition) is 0. The number of rotatable bonds is 0. The first-order valence-electron chi connectivity index (χ1n) is 4.61. The molecule has 0 spiro atoms. The zero-order chi connectivity index (χ0) is 9.42. The lowest BCUT2D eigenvalue weighted by Crippen LogP contribution is -2.07. The standard InChI is InChI=1S/C11H12BrCl/c1-7-5-9(12)6-8-3-2-4-10(13)11(7)8/h5-6,10H,2-4H2,1H3. The van der Waals surface area contributed by atoms with Gasteiger partial charge in [0.15, 0.2) is 0 Å². The Labute approximate surface area is 92.4 Å². The van der Waals surface area contributed by atoms with E-state index < -0.39 is 0 Å². The van der Waals surface area contributed by atoms with Crippen LogP contribution in [0.1, 0.15) is 34.9 Å². The summed E-state index contributed by atoms with van der Waals surface area (Å²) in [5.74, 6) is 0. The molecule has 0 N–H and O–H groups in total. The first-order chi connectivity index (χ1) is 6.18. The highest BCUT2D eigenvalue weighted by molar-refractivity contribution is 9.10. The summed E-state index contributed by atoms with van der Waals surface area (Å²) in [6, 6.07) is 4.36. The van der Waals surface area contributed by atoms with Crippen LogP contribution in [0.3, 0.4) is 0 Å². The second-order valence-electron chi connectivity index (χ2n) is 3.66. The topological polar surface area (TPSA) is 0 Å². The second kappa shape index (κ2) is 3.62. The van der Waals surface area contributed by atoms with E-state index in [0.29, 0.717) is 0 Å². The van der Waals surface area contributed by atoms with E-state index in [9.17, 15) is 0 Å². The van der Waals surface area contributed by atoms with Crippen LogP contribution in [0.4, 0.5) is 0 Å². The summed E-state index contributed by atoms with van der Waals surface area (Å²) >= 11 is 9.81. The molecule has 13 heavy (non-hydrogen) atoms. The summed E-state index contributed by atoms with van der Waals surface area (Å²) < 4.78 is 1.18. The van der Waals surface area contributed by atoms with Crippen molar-refractivity contribution in [3.8, 4) is 0 Å². The largest absolute Gasteiger partial charge is 0.118 e. The molecule has 0 nitrogen and oxygen atoms in total. The van der Waals surface area contributed by atoms with Crippen molar-refractivity contribution in [2.45, 2.75) is 31.6 Å². The van der Waals surface area contributed by atoms with Gasteiger partial charge in [-0.05, 0) is 55.0 Å². The molecule has 0 aliphatic heterocycles. The Morgan fingerprint density at radius 3 is 3.00 bits per heavy atom. The van der Waals surface area contributed by atoms with Crippen LogP contribution in [0, 0.1) is 6.92 Å². The summed E-state index contributed by atoms with van der Waals surface area (Å²) in [5, 5.41) is 0.233. The Balaban J connectivity index is 2.56. The fraction of sp³-hybridized carbons (Fsp3) is 0.455. The van der Waals surface area contributed by atoms with Gasteiger partial charge in [-0.1, -0.05) is 15.9 Å². The fourth-order valence-electron chi connectivity index (χ4n) is 2.09. The van der Waals surface area contributed by atoms with E-state index in [1.807, 2.05) is 0 Å². The average molecular weight is 260 g/mol. The lowest BCUT2D eigenvalue weighted by atomic mass is 9.88. The molecule has 70 valence electrons. The molecule has 0 radical (unpaired) electrons. The van der Waals surface area contributed by atoms with Gasteiger partial charge in [-0.25, -0.2) is 0 Å². The van der Waals surface area contributed by atoms with E-state index >= 15 is 0 Å². The molecule has 0 saturated carbocycles. The predicted molar refractivity (Wildman–Crippen MR) is 60.4 cm³/mol. The van der Waals surface area contributed by atoms with Gasteiger partial charge in [-0.3, -0.25) is 0 Å². The summed E-state index contributed by atoms with van der Waals surface area (Å²) in [7, 11) is 0. The van der Waals surface area contributed by atoms with Gasteiger partial charge >= 0.3 is 0 Å². The first-order valence-corrected chi connectivity index (χ1v) is 5.84. The third-order valence-electron chi connectivity index (χ3n) is 2.65. The smallest absolute Gasteiger partial charge is 0.0590 e. The van der Waals surface area contributed by atoms with Crippen molar-refractivity contribution < 1.29 is 0 Å². The van der Waals surface area contributed by atoms with Crippen molar-refractivity contribution in [1.82, 2.24) is 0 Å². The zero-order valence-electron chi connectivity index (χ0n) is 7.61. The SMILES string of the molecule is Cc1cc(Br)cc2c1C(Cl)CCC2. The van der Waals surface area contributed by atoms with Crippen molar-refractivity contribution in [3.63, 3.8) is 0 Å². The van der Waals surface area contributed by atoms with Crippen LogP contribution in [0.2, 0.25) is 0 Å². The average Bonchev–Trinajstić information content (AvgIpc) is 2.02. The second-order valence-corrected chi connectivity index (χ2v) is 5.10. The number of hydrogen-bond acceptors (Lipinski definition) is 0. The molecule has 0 amide bonds. The van der Waals surface area contributed by atoms with Crippen LogP contribution in [0.5, 0.6) is 0 Å². The molecule has 1 aromatic carbocycles. The van der Waals surface area contributed by atoms with E-state index in [0.717, 1.165) is 6.42 Å². The first kappa shape index (κ1) is 9.54. The summed E-state index contributed by atoms with van der Waals surface area (Å²) in [5.41, 5.74) is 4.12. The zero-order valence-corrected chi connectivity index (χ0v) is 9.95. The monoisotopic (exact) mass is 258 g/mol. The van der Waals surface area contributed by atoms with Gasteiger partial charge in [0.05, 0.1) is 5.38 Å². The maximum absolute atomic E-state index is 6.29. The number of benzene rings is 1. The summed E-state index contributed by atoms with van der Waals surface area (Å²) in [6.07, 6.45) is 3.52. The fourth-order valence-corrected chi connectivity index (χ4v) is 3.18. The molecule has 1 unspecified atom stereocenters. The third kappa shape index (κ3) is 1.77. The lowest BCUT2D eigenvalue weighted by molar-refractivity contribution is 0.663. The summed E-state index contributed by atoms with van der Waals surface area (Å²) in [6.45, 7) is 2.14.